The van der Waals surface area contributed by atoms with Gasteiger partial charge in [0, 0.05) is 34.9 Å². The molecule has 1 aliphatic carbocycles. The fourth-order valence-electron chi connectivity index (χ4n) is 5.57. The van der Waals surface area contributed by atoms with Crippen LogP contribution in [-0.4, -0.2) is 23.6 Å². The van der Waals surface area contributed by atoms with Crippen molar-refractivity contribution < 1.29 is 19.1 Å². The van der Waals surface area contributed by atoms with Crippen LogP contribution in [0.5, 0.6) is 5.75 Å². The zero-order chi connectivity index (χ0) is 26.6. The average Bonchev–Trinajstić information content (AvgIpc) is 2.92. The molecule has 0 saturated heterocycles. The minimum Gasteiger partial charge on any atom is -0.489 e. The molecule has 0 bridgehead atoms. The molecule has 1 heterocycles. The van der Waals surface area contributed by atoms with Crippen LogP contribution in [0.1, 0.15) is 62.1 Å². The Labute approximate surface area is 224 Å². The number of para-hydroxylation sites is 1. The lowest BCUT2D eigenvalue weighted by atomic mass is 9.69. The molecule has 0 aromatic heterocycles. The Balaban J connectivity index is 1.57. The molecule has 5 rings (SSSR count). The van der Waals surface area contributed by atoms with Crippen LogP contribution >= 0.6 is 0 Å². The third kappa shape index (κ3) is 5.33. The highest BCUT2D eigenvalue weighted by Crippen LogP contribution is 2.48. The number of ketones is 1. The Hall–Kier alpha value is -3.99. The number of hydrogen-bond donors (Lipinski definition) is 0. The first-order valence-electron chi connectivity index (χ1n) is 13.2. The first-order valence-corrected chi connectivity index (χ1v) is 13.2. The molecule has 5 nitrogen and oxygen atoms in total. The monoisotopic (exact) mass is 507 g/mol. The number of rotatable bonds is 7. The van der Waals surface area contributed by atoms with Gasteiger partial charge in [-0.1, -0.05) is 78.9 Å². The van der Waals surface area contributed by atoms with Gasteiger partial charge in [-0.3, -0.25) is 14.6 Å². The molecule has 194 valence electrons. The summed E-state index contributed by atoms with van der Waals surface area (Å²) in [6, 6.07) is 27.8. The number of nitrogens with zero attached hydrogens (tertiary/aromatic N) is 1. The van der Waals surface area contributed by atoms with E-state index in [2.05, 4.69) is 12.1 Å². The Bertz CT molecular complexity index is 1370. The van der Waals surface area contributed by atoms with E-state index in [0.29, 0.717) is 36.5 Å². The molecule has 5 heteroatoms. The SMILES string of the molecule is CC1=NC2=C(C(=O)C[C@@H](c3ccccc3)C2)[C@H](c2ccccc2OCc2ccccc2)C1C(=O)OC(C)C. The number of allylic oxidation sites excluding steroid dienone is 2. The van der Waals surface area contributed by atoms with E-state index in [1.807, 2.05) is 93.6 Å². The summed E-state index contributed by atoms with van der Waals surface area (Å²) in [5.74, 6) is -0.846. The average molecular weight is 508 g/mol. The summed E-state index contributed by atoms with van der Waals surface area (Å²) in [5.41, 5.74) is 5.03. The van der Waals surface area contributed by atoms with E-state index in [9.17, 15) is 9.59 Å². The van der Waals surface area contributed by atoms with Gasteiger partial charge in [0.1, 0.15) is 18.3 Å². The van der Waals surface area contributed by atoms with Crippen molar-refractivity contribution in [2.24, 2.45) is 10.9 Å². The number of aliphatic imine (C=N–C) groups is 1. The van der Waals surface area contributed by atoms with E-state index in [-0.39, 0.29) is 23.8 Å². The number of esters is 1. The van der Waals surface area contributed by atoms with Crippen molar-refractivity contribution in [3.05, 3.63) is 113 Å². The molecule has 0 spiro atoms. The van der Waals surface area contributed by atoms with Crippen molar-refractivity contribution in [1.82, 2.24) is 0 Å². The summed E-state index contributed by atoms with van der Waals surface area (Å²) in [4.78, 5) is 32.2. The van der Waals surface area contributed by atoms with Gasteiger partial charge in [-0.15, -0.1) is 0 Å². The third-order valence-corrected chi connectivity index (χ3v) is 7.26. The molecule has 2 aliphatic rings. The minimum atomic E-state index is -0.699. The van der Waals surface area contributed by atoms with Crippen LogP contribution in [-0.2, 0) is 20.9 Å². The van der Waals surface area contributed by atoms with Crippen molar-refractivity contribution in [1.29, 1.82) is 0 Å². The van der Waals surface area contributed by atoms with E-state index < -0.39 is 11.8 Å². The molecule has 1 unspecified atom stereocenters. The van der Waals surface area contributed by atoms with Crippen molar-refractivity contribution in [3.63, 3.8) is 0 Å². The zero-order valence-electron chi connectivity index (χ0n) is 22.1. The van der Waals surface area contributed by atoms with Gasteiger partial charge in [0.05, 0.1) is 6.10 Å². The van der Waals surface area contributed by atoms with E-state index in [1.54, 1.807) is 0 Å². The highest BCUT2D eigenvalue weighted by molar-refractivity contribution is 6.09. The fourth-order valence-corrected chi connectivity index (χ4v) is 5.57. The van der Waals surface area contributed by atoms with Gasteiger partial charge in [0.15, 0.2) is 5.78 Å². The topological polar surface area (TPSA) is 65.0 Å². The van der Waals surface area contributed by atoms with E-state index in [4.69, 9.17) is 14.5 Å². The second kappa shape index (κ2) is 11.2. The number of ether oxygens (including phenoxy) is 2. The van der Waals surface area contributed by atoms with Gasteiger partial charge < -0.3 is 9.47 Å². The molecule has 38 heavy (non-hydrogen) atoms. The molecule has 0 radical (unpaired) electrons. The second-order valence-corrected chi connectivity index (χ2v) is 10.3. The van der Waals surface area contributed by atoms with Crippen molar-refractivity contribution in [3.8, 4) is 5.75 Å². The maximum Gasteiger partial charge on any atom is 0.315 e. The smallest absolute Gasteiger partial charge is 0.315 e. The van der Waals surface area contributed by atoms with Crippen LogP contribution in [0.3, 0.4) is 0 Å². The number of Topliss-reactive ketones (excluding diaryl/α,β-unsaturated/α-hetero) is 1. The molecule has 0 amide bonds. The van der Waals surface area contributed by atoms with Crippen LogP contribution in [0.2, 0.25) is 0 Å². The van der Waals surface area contributed by atoms with E-state index in [1.165, 1.54) is 0 Å². The zero-order valence-corrected chi connectivity index (χ0v) is 22.1. The summed E-state index contributed by atoms with van der Waals surface area (Å²) in [5, 5.41) is 0. The quantitative estimate of drug-likeness (QED) is 0.330. The highest BCUT2D eigenvalue weighted by Gasteiger charge is 2.45. The van der Waals surface area contributed by atoms with Gasteiger partial charge in [-0.25, -0.2) is 0 Å². The molecule has 0 fully saturated rings. The largest absolute Gasteiger partial charge is 0.489 e. The fraction of sp³-hybridized carbons (Fsp3) is 0.303. The van der Waals surface area contributed by atoms with Gasteiger partial charge in [0.2, 0.25) is 0 Å². The summed E-state index contributed by atoms with van der Waals surface area (Å²) in [6.45, 7) is 5.92. The Morgan fingerprint density at radius 2 is 1.58 bits per heavy atom. The molecule has 3 aromatic carbocycles. The lowest BCUT2D eigenvalue weighted by Gasteiger charge is -2.37. The number of hydrogen-bond acceptors (Lipinski definition) is 5. The van der Waals surface area contributed by atoms with Crippen LogP contribution in [0.4, 0.5) is 0 Å². The van der Waals surface area contributed by atoms with Crippen molar-refractivity contribution in [2.75, 3.05) is 0 Å². The van der Waals surface area contributed by atoms with Crippen molar-refractivity contribution in [2.45, 2.75) is 58.2 Å². The standard InChI is InChI=1S/C33H33NO4/c1-21(2)38-33(36)30-22(3)34-27-18-25(24-14-8-5-9-15-24)19-28(35)32(27)31(30)26-16-10-11-17-29(26)37-20-23-12-6-4-7-13-23/h4-17,21,25,30-31H,18-20H2,1-3H3/t25-,30?,31+/m0/s1. The Kier molecular flexibility index (Phi) is 7.54. The maximum atomic E-state index is 13.9. The molecule has 3 aromatic rings. The second-order valence-electron chi connectivity index (χ2n) is 10.3. The Morgan fingerprint density at radius 1 is 0.921 bits per heavy atom. The lowest BCUT2D eigenvalue weighted by Crippen LogP contribution is -2.39. The van der Waals surface area contributed by atoms with Gasteiger partial charge in [-0.2, -0.15) is 0 Å². The molecule has 0 saturated carbocycles. The van der Waals surface area contributed by atoms with E-state index in [0.717, 1.165) is 22.4 Å². The van der Waals surface area contributed by atoms with Crippen LogP contribution < -0.4 is 4.74 Å². The molecular formula is C33H33NO4. The number of carbonyl (C=O) groups is 2. The predicted octanol–water partition coefficient (Wildman–Crippen LogP) is 6.79. The van der Waals surface area contributed by atoms with Gasteiger partial charge >= 0.3 is 5.97 Å². The molecular weight excluding hydrogens is 474 g/mol. The highest BCUT2D eigenvalue weighted by atomic mass is 16.5. The van der Waals surface area contributed by atoms with Crippen LogP contribution in [0.25, 0.3) is 0 Å². The third-order valence-electron chi connectivity index (χ3n) is 7.26. The summed E-state index contributed by atoms with van der Waals surface area (Å²) in [7, 11) is 0. The molecule has 0 N–H and O–H groups in total. The normalized spacial score (nSPS) is 21.1. The van der Waals surface area contributed by atoms with Crippen LogP contribution in [0.15, 0.2) is 101 Å². The van der Waals surface area contributed by atoms with Crippen molar-refractivity contribution >= 4 is 17.5 Å². The number of carbonyl (C=O) groups excluding carboxylic acids is 2. The molecule has 3 atom stereocenters. The van der Waals surface area contributed by atoms with E-state index >= 15 is 0 Å². The summed E-state index contributed by atoms with van der Waals surface area (Å²) >= 11 is 0. The lowest BCUT2D eigenvalue weighted by molar-refractivity contribution is -0.150. The number of benzene rings is 3. The summed E-state index contributed by atoms with van der Waals surface area (Å²) < 4.78 is 12.0. The van der Waals surface area contributed by atoms with Gasteiger partial charge in [0.25, 0.3) is 0 Å². The van der Waals surface area contributed by atoms with Crippen LogP contribution in [0, 0.1) is 5.92 Å². The van der Waals surface area contributed by atoms with Gasteiger partial charge in [-0.05, 0) is 50.3 Å². The maximum absolute atomic E-state index is 13.9. The summed E-state index contributed by atoms with van der Waals surface area (Å²) in [6.07, 6.45) is 0.755. The first-order chi connectivity index (χ1) is 18.4. The Morgan fingerprint density at radius 3 is 2.29 bits per heavy atom. The predicted molar refractivity (Wildman–Crippen MR) is 148 cm³/mol. The minimum absolute atomic E-state index is 0.0292. The first kappa shape index (κ1) is 25.7. The molecule has 1 aliphatic heterocycles.